The van der Waals surface area contributed by atoms with Crippen LogP contribution in [0.25, 0.3) is 10.9 Å². The van der Waals surface area contributed by atoms with Gasteiger partial charge in [-0.1, -0.05) is 104 Å². The number of pyridine rings is 1. The summed E-state index contributed by atoms with van der Waals surface area (Å²) in [4.78, 5) is 10.9. The predicted octanol–water partition coefficient (Wildman–Crippen LogP) is 9.89. The molecule has 2 heterocycles. The van der Waals surface area contributed by atoms with E-state index in [-0.39, 0.29) is 74.5 Å². The quantitative estimate of drug-likeness (QED) is 0.0395. The average Bonchev–Trinajstić information content (AvgIpc) is 3.33. The van der Waals surface area contributed by atoms with Gasteiger partial charge in [0.25, 0.3) is 0 Å². The monoisotopic (exact) mass is 917 g/mol. The van der Waals surface area contributed by atoms with Crippen molar-refractivity contribution in [3.8, 4) is 11.5 Å². The molecule has 66 heavy (non-hydrogen) atoms. The minimum atomic E-state index is -4.32. The molecule has 11 nitrogen and oxygen atoms in total. The molecule has 0 spiro atoms. The molecule has 1 aliphatic heterocycles. The molecule has 0 amide bonds. The van der Waals surface area contributed by atoms with Crippen molar-refractivity contribution in [2.75, 3.05) is 26.4 Å². The molecule has 4 aromatic carbocycles. The normalized spacial score (nSPS) is 22.9. The smallest absolute Gasteiger partial charge is 0.245 e. The number of aliphatic hydroxyl groups is 2. The van der Waals surface area contributed by atoms with Crippen LogP contribution in [-0.4, -0.2) is 71.8 Å². The number of ether oxygens (including phenoxy) is 3. The second-order valence-corrected chi connectivity index (χ2v) is 19.2. The molecule has 0 saturated heterocycles. The second kappa shape index (κ2) is 21.5. The van der Waals surface area contributed by atoms with E-state index in [1.54, 1.807) is 54.7 Å². The number of oxime groups is 1. The van der Waals surface area contributed by atoms with Crippen LogP contribution in [0.5, 0.6) is 11.5 Å². The molecule has 1 saturated carbocycles. The number of benzene rings is 4. The average molecular weight is 918 g/mol. The van der Waals surface area contributed by atoms with Crippen LogP contribution in [0.2, 0.25) is 0 Å². The highest BCUT2D eigenvalue weighted by Gasteiger charge is 2.66. The SMILES string of the molecule is C=CCOC12Oc3ccc(OCc4ccccc4F)cc3C3C(CCCCO)C(CCCCO)C=C(C(=NOCc4ccccc4)CC1N(CCC)S(=O)(=O)c1cccc4cccnc14)C32. The summed E-state index contributed by atoms with van der Waals surface area (Å²) in [6.45, 7) is 6.47. The lowest BCUT2D eigenvalue weighted by Crippen LogP contribution is -2.70. The fourth-order valence-corrected chi connectivity index (χ4v) is 12.2. The van der Waals surface area contributed by atoms with E-state index in [0.29, 0.717) is 52.9 Å². The molecular weight excluding hydrogens is 858 g/mol. The van der Waals surface area contributed by atoms with Gasteiger partial charge in [0.1, 0.15) is 35.4 Å². The fourth-order valence-electron chi connectivity index (χ4n) is 10.3. The summed E-state index contributed by atoms with van der Waals surface area (Å²) in [7, 11) is -4.32. The molecule has 348 valence electrons. The van der Waals surface area contributed by atoms with Gasteiger partial charge in [-0.3, -0.25) is 4.98 Å². The van der Waals surface area contributed by atoms with E-state index in [9.17, 15) is 14.6 Å². The van der Waals surface area contributed by atoms with E-state index < -0.39 is 27.8 Å². The highest BCUT2D eigenvalue weighted by atomic mass is 32.2. The molecule has 1 aromatic heterocycles. The van der Waals surface area contributed by atoms with Gasteiger partial charge in [-0.05, 0) is 91.5 Å². The number of fused-ring (bicyclic) bond motifs is 3. The Hall–Kier alpha value is -5.44. The first kappa shape index (κ1) is 47.1. The molecule has 0 bridgehead atoms. The van der Waals surface area contributed by atoms with Crippen molar-refractivity contribution in [3.63, 3.8) is 0 Å². The van der Waals surface area contributed by atoms with Crippen molar-refractivity contribution in [1.82, 2.24) is 9.29 Å². The number of aliphatic hydroxyl groups excluding tert-OH is 2. The largest absolute Gasteiger partial charge is 0.489 e. The van der Waals surface area contributed by atoms with Gasteiger partial charge in [-0.2, -0.15) is 4.31 Å². The lowest BCUT2D eigenvalue weighted by atomic mass is 9.55. The van der Waals surface area contributed by atoms with Gasteiger partial charge < -0.3 is 29.3 Å². The molecule has 13 heteroatoms. The number of rotatable bonds is 22. The number of aromatic nitrogens is 1. The first-order valence-electron chi connectivity index (χ1n) is 23.2. The maximum absolute atomic E-state index is 15.6. The van der Waals surface area contributed by atoms with Crippen LogP contribution in [0.4, 0.5) is 4.39 Å². The maximum atomic E-state index is 15.6. The van der Waals surface area contributed by atoms with Crippen molar-refractivity contribution in [2.24, 2.45) is 22.9 Å². The molecule has 8 rings (SSSR count). The minimum Gasteiger partial charge on any atom is -0.489 e. The predicted molar refractivity (Wildman–Crippen MR) is 253 cm³/mol. The summed E-state index contributed by atoms with van der Waals surface area (Å²) in [6, 6.07) is 29.8. The van der Waals surface area contributed by atoms with Crippen molar-refractivity contribution in [2.45, 2.75) is 94.1 Å². The maximum Gasteiger partial charge on any atom is 0.245 e. The highest BCUT2D eigenvalue weighted by Crippen LogP contribution is 2.62. The van der Waals surface area contributed by atoms with E-state index in [4.69, 9.17) is 24.2 Å². The molecular formula is C53H60FN3O8S. The fraction of sp³-hybridized carbons (Fsp3) is 0.396. The number of halogens is 1. The summed E-state index contributed by atoms with van der Waals surface area (Å²) >= 11 is 0. The lowest BCUT2D eigenvalue weighted by Gasteiger charge is -2.59. The van der Waals surface area contributed by atoms with Gasteiger partial charge in [0, 0.05) is 54.8 Å². The zero-order chi connectivity index (χ0) is 46.1. The van der Waals surface area contributed by atoms with E-state index in [0.717, 1.165) is 42.4 Å². The van der Waals surface area contributed by atoms with Gasteiger partial charge in [0.15, 0.2) is 0 Å². The number of hydrogen-bond donors (Lipinski definition) is 2. The third kappa shape index (κ3) is 9.68. The molecule has 0 radical (unpaired) electrons. The molecule has 2 N–H and O–H groups in total. The molecule has 3 aliphatic rings. The minimum absolute atomic E-state index is 0.00611. The Bertz CT molecular complexity index is 2620. The number of sulfonamides is 1. The van der Waals surface area contributed by atoms with Crippen molar-refractivity contribution in [1.29, 1.82) is 0 Å². The number of nitrogens with zero attached hydrogens (tertiary/aromatic N) is 3. The number of unbranched alkanes of at least 4 members (excludes halogenated alkanes) is 2. The summed E-state index contributed by atoms with van der Waals surface area (Å²) < 4.78 is 68.4. The standard InChI is InChI=1S/C53H60FN3O8S/c1-3-28-57(66(60,61)48-24-14-20-38-21-15-27-55-52(38)48)49-34-46(56-64-35-37-16-6-5-7-17-37)43-32-39(18-10-12-29-58)42(22-11-13-30-59)50-44-33-41(62-36-40-19-8-9-23-45(40)54)25-26-47(44)65-53(49,51(43)50)63-31-4-2/h4-9,14-17,19-21,23-27,32-33,39,42,49-51,58-59H,2-3,10-13,18,22,28-31,34-36H2,1H3. The summed E-state index contributed by atoms with van der Waals surface area (Å²) in [5, 5.41) is 25.6. The Morgan fingerprint density at radius 2 is 1.71 bits per heavy atom. The Labute approximate surface area is 387 Å². The Morgan fingerprint density at radius 3 is 2.48 bits per heavy atom. The van der Waals surface area contributed by atoms with Crippen LogP contribution in [0, 0.1) is 23.6 Å². The van der Waals surface area contributed by atoms with Gasteiger partial charge >= 0.3 is 0 Å². The topological polar surface area (TPSA) is 140 Å². The van der Waals surface area contributed by atoms with Crippen LogP contribution in [-0.2, 0) is 32.8 Å². The third-order valence-corrected chi connectivity index (χ3v) is 15.2. The van der Waals surface area contributed by atoms with Gasteiger partial charge in [-0.25, -0.2) is 12.8 Å². The van der Waals surface area contributed by atoms with Crippen LogP contribution < -0.4 is 9.47 Å². The first-order valence-corrected chi connectivity index (χ1v) is 24.6. The first-order chi connectivity index (χ1) is 32.2. The summed E-state index contributed by atoms with van der Waals surface area (Å²) in [5.41, 5.74) is 4.00. The molecule has 6 atom stereocenters. The number of para-hydroxylation sites is 1. The van der Waals surface area contributed by atoms with Crippen molar-refractivity contribution in [3.05, 3.63) is 156 Å². The highest BCUT2D eigenvalue weighted by molar-refractivity contribution is 7.89. The van der Waals surface area contributed by atoms with Crippen molar-refractivity contribution >= 4 is 26.6 Å². The van der Waals surface area contributed by atoms with Crippen LogP contribution >= 0.6 is 0 Å². The van der Waals surface area contributed by atoms with Crippen LogP contribution in [0.1, 0.15) is 80.9 Å². The Morgan fingerprint density at radius 1 is 0.939 bits per heavy atom. The molecule has 2 aliphatic carbocycles. The van der Waals surface area contributed by atoms with E-state index in [1.807, 2.05) is 61.5 Å². The van der Waals surface area contributed by atoms with Gasteiger partial charge in [0.05, 0.1) is 29.8 Å². The van der Waals surface area contributed by atoms with Crippen LogP contribution in [0.15, 0.2) is 144 Å². The van der Waals surface area contributed by atoms with Gasteiger partial charge in [-0.15, -0.1) is 6.58 Å². The van der Waals surface area contributed by atoms with E-state index in [1.165, 1.54) is 10.4 Å². The molecule has 6 unspecified atom stereocenters. The lowest BCUT2D eigenvalue weighted by molar-refractivity contribution is -0.251. The Kier molecular flexibility index (Phi) is 15.3. The summed E-state index contributed by atoms with van der Waals surface area (Å²) in [5.74, 6) is -1.97. The van der Waals surface area contributed by atoms with E-state index >= 15 is 8.42 Å². The van der Waals surface area contributed by atoms with Crippen molar-refractivity contribution < 1.29 is 42.1 Å². The van der Waals surface area contributed by atoms with Crippen LogP contribution in [0.3, 0.4) is 0 Å². The zero-order valence-corrected chi connectivity index (χ0v) is 38.3. The molecule has 5 aromatic rings. The molecule has 1 fully saturated rings. The van der Waals surface area contributed by atoms with Gasteiger partial charge in [0.2, 0.25) is 15.8 Å². The van der Waals surface area contributed by atoms with E-state index in [2.05, 4.69) is 17.6 Å². The Balaban J connectivity index is 1.35. The summed E-state index contributed by atoms with van der Waals surface area (Å²) in [6.07, 6.45) is 10.3. The second-order valence-electron chi connectivity index (χ2n) is 17.4. The third-order valence-electron chi connectivity index (χ3n) is 13.2. The number of hydrogen-bond acceptors (Lipinski definition) is 10. The number of allylic oxidation sites excluding steroid dienone is 1. The zero-order valence-electron chi connectivity index (χ0n) is 37.5.